The van der Waals surface area contributed by atoms with Gasteiger partial charge in [-0.1, -0.05) is 6.07 Å². The second-order valence-corrected chi connectivity index (χ2v) is 7.25. The summed E-state index contributed by atoms with van der Waals surface area (Å²) in [6.07, 6.45) is 3.35. The van der Waals surface area contributed by atoms with Crippen molar-refractivity contribution in [2.75, 3.05) is 51.8 Å². The van der Waals surface area contributed by atoms with Gasteiger partial charge in [-0.25, -0.2) is 9.59 Å². The molecule has 148 valence electrons. The predicted octanol–water partition coefficient (Wildman–Crippen LogP) is 2.50. The van der Waals surface area contributed by atoms with E-state index in [4.69, 9.17) is 9.47 Å². The van der Waals surface area contributed by atoms with Crippen molar-refractivity contribution in [1.29, 1.82) is 0 Å². The van der Waals surface area contributed by atoms with Crippen LogP contribution in [0.4, 0.5) is 10.5 Å². The molecule has 0 saturated carbocycles. The molecule has 0 radical (unpaired) electrons. The van der Waals surface area contributed by atoms with E-state index in [2.05, 4.69) is 10.2 Å². The van der Waals surface area contributed by atoms with Gasteiger partial charge in [0.1, 0.15) is 0 Å². The lowest BCUT2D eigenvalue weighted by molar-refractivity contribution is 0.0355. The molecule has 1 aromatic rings. The first kappa shape index (κ1) is 19.6. The first-order chi connectivity index (χ1) is 13.1. The number of carbonyl (C=O) groups is 2. The van der Waals surface area contributed by atoms with Crippen molar-refractivity contribution in [3.63, 3.8) is 0 Å². The summed E-state index contributed by atoms with van der Waals surface area (Å²) < 4.78 is 10.7. The monoisotopic (exact) mass is 375 g/mol. The maximum atomic E-state index is 12.8. The molecule has 0 aliphatic carbocycles. The molecule has 1 N–H and O–H groups in total. The zero-order valence-corrected chi connectivity index (χ0v) is 16.2. The molecule has 7 heteroatoms. The number of rotatable bonds is 4. The number of nitrogens with one attached hydrogen (secondary N) is 1. The minimum absolute atomic E-state index is 0.0406. The fourth-order valence-electron chi connectivity index (χ4n) is 3.64. The Morgan fingerprint density at radius 3 is 2.74 bits per heavy atom. The zero-order valence-electron chi connectivity index (χ0n) is 16.2. The van der Waals surface area contributed by atoms with Gasteiger partial charge in [0.05, 0.1) is 18.8 Å². The van der Waals surface area contributed by atoms with E-state index in [1.165, 1.54) is 20.0 Å². The average molecular weight is 375 g/mol. The van der Waals surface area contributed by atoms with Crippen molar-refractivity contribution in [3.8, 4) is 0 Å². The summed E-state index contributed by atoms with van der Waals surface area (Å²) in [5, 5.41) is 2.95. The number of anilines is 1. The van der Waals surface area contributed by atoms with Crippen LogP contribution in [0.3, 0.4) is 0 Å². The topological polar surface area (TPSA) is 71.1 Å². The van der Waals surface area contributed by atoms with Gasteiger partial charge in [-0.05, 0) is 57.0 Å². The van der Waals surface area contributed by atoms with Gasteiger partial charge < -0.3 is 24.6 Å². The standard InChI is InChI=1S/C20H29N3O4/c1-15-6-7-16(19(24)26-2)12-18(15)21-20(25)23-10-5-11-27-17(14-23)13-22-8-3-4-9-22/h6-7,12,17H,3-5,8-11,13-14H2,1-2H3,(H,21,25)/t17-/m0/s1. The van der Waals surface area contributed by atoms with E-state index in [9.17, 15) is 9.59 Å². The summed E-state index contributed by atoms with van der Waals surface area (Å²) in [6, 6.07) is 5.01. The molecule has 1 aromatic carbocycles. The molecule has 2 heterocycles. The molecule has 3 rings (SSSR count). The minimum atomic E-state index is -0.417. The summed E-state index contributed by atoms with van der Waals surface area (Å²) >= 11 is 0. The number of nitrogens with zero attached hydrogens (tertiary/aromatic N) is 2. The lowest BCUT2D eigenvalue weighted by Crippen LogP contribution is -2.43. The molecule has 2 fully saturated rings. The quantitative estimate of drug-likeness (QED) is 0.819. The Hall–Kier alpha value is -2.12. The largest absolute Gasteiger partial charge is 0.465 e. The normalized spacial score (nSPS) is 21.0. The molecule has 2 saturated heterocycles. The maximum absolute atomic E-state index is 12.8. The zero-order chi connectivity index (χ0) is 19.2. The number of urea groups is 1. The van der Waals surface area contributed by atoms with Crippen LogP contribution in [0.5, 0.6) is 0 Å². The Labute approximate surface area is 160 Å². The lowest BCUT2D eigenvalue weighted by Gasteiger charge is -2.27. The number of hydrogen-bond donors (Lipinski definition) is 1. The van der Waals surface area contributed by atoms with Crippen molar-refractivity contribution in [2.45, 2.75) is 32.3 Å². The molecule has 0 bridgehead atoms. The summed E-state index contributed by atoms with van der Waals surface area (Å²) in [6.45, 7) is 6.94. The van der Waals surface area contributed by atoms with Crippen LogP contribution in [0.15, 0.2) is 18.2 Å². The Morgan fingerprint density at radius 2 is 2.00 bits per heavy atom. The number of hydrogen-bond acceptors (Lipinski definition) is 5. The number of ether oxygens (including phenoxy) is 2. The van der Waals surface area contributed by atoms with Crippen LogP contribution >= 0.6 is 0 Å². The van der Waals surface area contributed by atoms with Gasteiger partial charge >= 0.3 is 12.0 Å². The highest BCUT2D eigenvalue weighted by molar-refractivity contribution is 5.94. The van der Waals surface area contributed by atoms with Crippen LogP contribution in [-0.4, -0.2) is 74.3 Å². The number of aryl methyl sites for hydroxylation is 1. The second kappa shape index (κ2) is 9.19. The molecule has 0 spiro atoms. The van der Waals surface area contributed by atoms with E-state index in [0.29, 0.717) is 30.9 Å². The molecule has 2 aliphatic rings. The Kier molecular flexibility index (Phi) is 6.68. The third-order valence-electron chi connectivity index (χ3n) is 5.20. The SMILES string of the molecule is COC(=O)c1ccc(C)c(NC(=O)N2CCCO[C@@H](CN3CCCC3)C2)c1. The molecule has 2 aliphatic heterocycles. The number of methoxy groups -OCH3 is 1. The number of carbonyl (C=O) groups excluding carboxylic acids is 2. The second-order valence-electron chi connectivity index (χ2n) is 7.25. The van der Waals surface area contributed by atoms with Gasteiger partial charge in [0.25, 0.3) is 0 Å². The van der Waals surface area contributed by atoms with E-state index >= 15 is 0 Å². The summed E-state index contributed by atoms with van der Waals surface area (Å²) in [5.74, 6) is -0.417. The van der Waals surface area contributed by atoms with E-state index in [0.717, 1.165) is 31.6 Å². The van der Waals surface area contributed by atoms with Gasteiger partial charge in [0, 0.05) is 31.9 Å². The molecule has 2 amide bonds. The molecular formula is C20H29N3O4. The molecule has 7 nitrogen and oxygen atoms in total. The van der Waals surface area contributed by atoms with Gasteiger partial charge in [-0.3, -0.25) is 0 Å². The fraction of sp³-hybridized carbons (Fsp3) is 0.600. The smallest absolute Gasteiger partial charge is 0.337 e. The molecule has 0 unspecified atom stereocenters. The van der Waals surface area contributed by atoms with E-state index in [-0.39, 0.29) is 12.1 Å². The van der Waals surface area contributed by atoms with Gasteiger partial charge in [-0.2, -0.15) is 0 Å². The van der Waals surface area contributed by atoms with E-state index < -0.39 is 5.97 Å². The average Bonchev–Trinajstić information content (AvgIpc) is 3.06. The number of likely N-dealkylation sites (tertiary alicyclic amines) is 1. The first-order valence-electron chi connectivity index (χ1n) is 9.65. The van der Waals surface area contributed by atoms with Crippen LogP contribution in [0.1, 0.15) is 35.2 Å². The number of esters is 1. The van der Waals surface area contributed by atoms with Crippen LogP contribution in [0.2, 0.25) is 0 Å². The van der Waals surface area contributed by atoms with Crippen molar-refractivity contribution in [1.82, 2.24) is 9.80 Å². The van der Waals surface area contributed by atoms with Crippen LogP contribution in [0, 0.1) is 6.92 Å². The van der Waals surface area contributed by atoms with Gasteiger partial charge in [0.15, 0.2) is 0 Å². The van der Waals surface area contributed by atoms with Crippen LogP contribution < -0.4 is 5.32 Å². The predicted molar refractivity (Wildman–Crippen MR) is 103 cm³/mol. The molecular weight excluding hydrogens is 346 g/mol. The Balaban J connectivity index is 1.64. The number of amides is 2. The molecule has 27 heavy (non-hydrogen) atoms. The van der Waals surface area contributed by atoms with E-state index in [1.807, 2.05) is 17.9 Å². The number of benzene rings is 1. The van der Waals surface area contributed by atoms with Gasteiger partial charge in [0.2, 0.25) is 0 Å². The lowest BCUT2D eigenvalue weighted by atomic mass is 10.1. The highest BCUT2D eigenvalue weighted by atomic mass is 16.5. The summed E-state index contributed by atoms with van der Waals surface area (Å²) in [4.78, 5) is 28.8. The minimum Gasteiger partial charge on any atom is -0.465 e. The van der Waals surface area contributed by atoms with Crippen molar-refractivity contribution < 1.29 is 19.1 Å². The summed E-state index contributed by atoms with van der Waals surface area (Å²) in [7, 11) is 1.35. The maximum Gasteiger partial charge on any atom is 0.337 e. The van der Waals surface area contributed by atoms with Crippen LogP contribution in [-0.2, 0) is 9.47 Å². The molecule has 0 aromatic heterocycles. The third kappa shape index (κ3) is 5.20. The van der Waals surface area contributed by atoms with Crippen molar-refractivity contribution >= 4 is 17.7 Å². The highest BCUT2D eigenvalue weighted by Crippen LogP contribution is 2.19. The molecule has 1 atom stereocenters. The van der Waals surface area contributed by atoms with Gasteiger partial charge in [-0.15, -0.1) is 0 Å². The Bertz CT molecular complexity index is 673. The first-order valence-corrected chi connectivity index (χ1v) is 9.65. The van der Waals surface area contributed by atoms with Crippen molar-refractivity contribution in [3.05, 3.63) is 29.3 Å². The highest BCUT2D eigenvalue weighted by Gasteiger charge is 2.25. The summed E-state index contributed by atoms with van der Waals surface area (Å²) in [5.41, 5.74) is 1.95. The van der Waals surface area contributed by atoms with Crippen molar-refractivity contribution in [2.24, 2.45) is 0 Å². The van der Waals surface area contributed by atoms with Crippen LogP contribution in [0.25, 0.3) is 0 Å². The third-order valence-corrected chi connectivity index (χ3v) is 5.20. The van der Waals surface area contributed by atoms with E-state index in [1.54, 1.807) is 12.1 Å². The Morgan fingerprint density at radius 1 is 1.22 bits per heavy atom. The fourth-order valence-corrected chi connectivity index (χ4v) is 3.64.